The Morgan fingerprint density at radius 1 is 1.12 bits per heavy atom. The van der Waals surface area contributed by atoms with Crippen molar-refractivity contribution in [1.29, 1.82) is 0 Å². The van der Waals surface area contributed by atoms with E-state index in [1.165, 1.54) is 11.3 Å². The second-order valence-corrected chi connectivity index (χ2v) is 3.96. The number of nitrogens with one attached hydrogen (secondary N) is 1. The van der Waals surface area contributed by atoms with Crippen molar-refractivity contribution in [2.75, 3.05) is 6.54 Å². The molecule has 0 unspecified atom stereocenters. The molecule has 0 bridgehead atoms. The van der Waals surface area contributed by atoms with Crippen molar-refractivity contribution in [3.8, 4) is 11.4 Å². The SMILES string of the molecule is Cl.c1ccc(-c2ncc3c(n2)CCNC3)cc1. The highest BCUT2D eigenvalue weighted by Gasteiger charge is 2.11. The fraction of sp³-hybridized carbons (Fsp3) is 0.231. The Balaban J connectivity index is 0.00000108. The Morgan fingerprint density at radius 3 is 2.76 bits per heavy atom. The molecular formula is C13H14ClN3. The van der Waals surface area contributed by atoms with Gasteiger partial charge >= 0.3 is 0 Å². The molecule has 0 radical (unpaired) electrons. The highest BCUT2D eigenvalue weighted by Crippen LogP contribution is 2.17. The van der Waals surface area contributed by atoms with Crippen molar-refractivity contribution in [2.45, 2.75) is 13.0 Å². The van der Waals surface area contributed by atoms with Gasteiger partial charge in [0.15, 0.2) is 5.82 Å². The molecule has 0 fully saturated rings. The number of fused-ring (bicyclic) bond motifs is 1. The average molecular weight is 248 g/mol. The molecular weight excluding hydrogens is 234 g/mol. The van der Waals surface area contributed by atoms with Crippen LogP contribution in [-0.2, 0) is 13.0 Å². The summed E-state index contributed by atoms with van der Waals surface area (Å²) >= 11 is 0. The maximum atomic E-state index is 4.63. The van der Waals surface area contributed by atoms with Crippen molar-refractivity contribution in [3.05, 3.63) is 47.8 Å². The smallest absolute Gasteiger partial charge is 0.159 e. The average Bonchev–Trinajstić information content (AvgIpc) is 2.39. The maximum absolute atomic E-state index is 4.63. The third kappa shape index (κ3) is 2.46. The van der Waals surface area contributed by atoms with Crippen LogP contribution in [0.2, 0.25) is 0 Å². The lowest BCUT2D eigenvalue weighted by Crippen LogP contribution is -2.24. The second-order valence-electron chi connectivity index (χ2n) is 3.96. The first-order valence-electron chi connectivity index (χ1n) is 5.54. The molecule has 1 aromatic heterocycles. The lowest BCUT2D eigenvalue weighted by molar-refractivity contribution is 0.626. The van der Waals surface area contributed by atoms with Crippen LogP contribution in [0.5, 0.6) is 0 Å². The van der Waals surface area contributed by atoms with Crippen LogP contribution in [0.15, 0.2) is 36.5 Å². The van der Waals surface area contributed by atoms with E-state index >= 15 is 0 Å². The normalized spacial score (nSPS) is 13.6. The van der Waals surface area contributed by atoms with Gasteiger partial charge in [-0.1, -0.05) is 30.3 Å². The summed E-state index contributed by atoms with van der Waals surface area (Å²) in [6.07, 6.45) is 2.94. The van der Waals surface area contributed by atoms with Crippen molar-refractivity contribution in [2.24, 2.45) is 0 Å². The van der Waals surface area contributed by atoms with Crippen LogP contribution in [0, 0.1) is 0 Å². The zero-order valence-electron chi connectivity index (χ0n) is 9.39. The summed E-state index contributed by atoms with van der Waals surface area (Å²) in [5.74, 6) is 0.834. The summed E-state index contributed by atoms with van der Waals surface area (Å²) in [6.45, 7) is 1.91. The zero-order valence-corrected chi connectivity index (χ0v) is 10.2. The van der Waals surface area contributed by atoms with E-state index in [4.69, 9.17) is 0 Å². The van der Waals surface area contributed by atoms with Crippen LogP contribution in [0.1, 0.15) is 11.3 Å². The number of benzene rings is 1. The second kappa shape index (κ2) is 5.25. The van der Waals surface area contributed by atoms with E-state index < -0.39 is 0 Å². The summed E-state index contributed by atoms with van der Waals surface area (Å²) in [6, 6.07) is 10.1. The monoisotopic (exact) mass is 247 g/mol. The molecule has 3 nitrogen and oxygen atoms in total. The first-order chi connectivity index (χ1) is 7.93. The number of halogens is 1. The van der Waals surface area contributed by atoms with E-state index in [9.17, 15) is 0 Å². The highest BCUT2D eigenvalue weighted by molar-refractivity contribution is 5.85. The Kier molecular flexibility index (Phi) is 3.71. The van der Waals surface area contributed by atoms with Gasteiger partial charge in [-0.2, -0.15) is 0 Å². The van der Waals surface area contributed by atoms with Crippen LogP contribution in [-0.4, -0.2) is 16.5 Å². The Bertz CT molecular complexity index is 499. The van der Waals surface area contributed by atoms with E-state index in [-0.39, 0.29) is 12.4 Å². The zero-order chi connectivity index (χ0) is 10.8. The minimum atomic E-state index is 0. The van der Waals surface area contributed by atoms with Crippen molar-refractivity contribution >= 4 is 12.4 Å². The minimum absolute atomic E-state index is 0. The van der Waals surface area contributed by atoms with Crippen molar-refractivity contribution < 1.29 is 0 Å². The third-order valence-electron chi connectivity index (χ3n) is 2.84. The van der Waals surface area contributed by atoms with Gasteiger partial charge < -0.3 is 5.32 Å². The number of aromatic nitrogens is 2. The topological polar surface area (TPSA) is 37.8 Å². The molecule has 0 aliphatic carbocycles. The summed E-state index contributed by atoms with van der Waals surface area (Å²) in [7, 11) is 0. The predicted octanol–water partition coefficient (Wildman–Crippen LogP) is 2.21. The molecule has 0 saturated heterocycles. The molecule has 0 amide bonds. The molecule has 88 valence electrons. The molecule has 4 heteroatoms. The molecule has 0 atom stereocenters. The quantitative estimate of drug-likeness (QED) is 0.840. The van der Waals surface area contributed by atoms with Crippen LogP contribution in [0.4, 0.5) is 0 Å². The minimum Gasteiger partial charge on any atom is -0.312 e. The first kappa shape index (κ1) is 12.0. The van der Waals surface area contributed by atoms with Gasteiger partial charge in [-0.15, -0.1) is 12.4 Å². The molecule has 0 saturated carbocycles. The van der Waals surface area contributed by atoms with Gasteiger partial charge in [0.25, 0.3) is 0 Å². The number of hydrogen-bond acceptors (Lipinski definition) is 3. The van der Waals surface area contributed by atoms with Gasteiger partial charge in [0.2, 0.25) is 0 Å². The predicted molar refractivity (Wildman–Crippen MR) is 70.1 cm³/mol. The van der Waals surface area contributed by atoms with Gasteiger partial charge in [-0.25, -0.2) is 9.97 Å². The van der Waals surface area contributed by atoms with Crippen molar-refractivity contribution in [1.82, 2.24) is 15.3 Å². The summed E-state index contributed by atoms with van der Waals surface area (Å²) < 4.78 is 0. The van der Waals surface area contributed by atoms with Crippen LogP contribution < -0.4 is 5.32 Å². The molecule has 1 N–H and O–H groups in total. The van der Waals surface area contributed by atoms with E-state index in [0.29, 0.717) is 0 Å². The third-order valence-corrected chi connectivity index (χ3v) is 2.84. The summed E-state index contributed by atoms with van der Waals surface area (Å²) in [4.78, 5) is 9.04. The first-order valence-corrected chi connectivity index (χ1v) is 5.54. The number of rotatable bonds is 1. The molecule has 1 aliphatic heterocycles. The van der Waals surface area contributed by atoms with Gasteiger partial charge in [0, 0.05) is 36.8 Å². The molecule has 17 heavy (non-hydrogen) atoms. The Hall–Kier alpha value is -1.45. The summed E-state index contributed by atoms with van der Waals surface area (Å²) in [5, 5.41) is 3.32. The molecule has 1 aliphatic rings. The van der Waals surface area contributed by atoms with Gasteiger partial charge in [-0.05, 0) is 0 Å². The van der Waals surface area contributed by atoms with E-state index in [0.717, 1.165) is 30.9 Å². The van der Waals surface area contributed by atoms with Gasteiger partial charge in [0.05, 0.1) is 5.69 Å². The molecule has 2 heterocycles. The van der Waals surface area contributed by atoms with E-state index in [1.807, 2.05) is 36.5 Å². The van der Waals surface area contributed by atoms with E-state index in [2.05, 4.69) is 15.3 Å². The Labute approximate surface area is 107 Å². The van der Waals surface area contributed by atoms with Crippen LogP contribution >= 0.6 is 12.4 Å². The van der Waals surface area contributed by atoms with Crippen LogP contribution in [0.3, 0.4) is 0 Å². The lowest BCUT2D eigenvalue weighted by atomic mass is 10.1. The Morgan fingerprint density at radius 2 is 1.94 bits per heavy atom. The van der Waals surface area contributed by atoms with Gasteiger partial charge in [0.1, 0.15) is 0 Å². The van der Waals surface area contributed by atoms with Crippen molar-refractivity contribution in [3.63, 3.8) is 0 Å². The molecule has 2 aromatic rings. The molecule has 3 rings (SSSR count). The van der Waals surface area contributed by atoms with E-state index in [1.54, 1.807) is 0 Å². The summed E-state index contributed by atoms with van der Waals surface area (Å²) in [5.41, 5.74) is 3.50. The van der Waals surface area contributed by atoms with Crippen LogP contribution in [0.25, 0.3) is 11.4 Å². The standard InChI is InChI=1S/C13H13N3.ClH/c1-2-4-10(5-3-1)13-15-9-11-8-14-7-6-12(11)16-13;/h1-5,9,14H,6-8H2;1H. The van der Waals surface area contributed by atoms with Gasteiger partial charge in [-0.3, -0.25) is 0 Å². The number of nitrogens with zero attached hydrogens (tertiary/aromatic N) is 2. The largest absolute Gasteiger partial charge is 0.312 e. The molecule has 0 spiro atoms. The highest BCUT2D eigenvalue weighted by atomic mass is 35.5. The maximum Gasteiger partial charge on any atom is 0.159 e. The fourth-order valence-corrected chi connectivity index (χ4v) is 1.96. The fourth-order valence-electron chi connectivity index (χ4n) is 1.96. The lowest BCUT2D eigenvalue weighted by Gasteiger charge is -2.15. The number of hydrogen-bond donors (Lipinski definition) is 1. The molecule has 1 aromatic carbocycles.